The van der Waals surface area contributed by atoms with E-state index in [9.17, 15) is 9.59 Å². The molecule has 8 heteroatoms. The number of carbonyl (C=O) groups excluding carboxylic acids is 2. The molecule has 1 saturated heterocycles. The molecule has 3 aromatic carbocycles. The molecule has 0 unspecified atom stereocenters. The van der Waals surface area contributed by atoms with Gasteiger partial charge in [0, 0.05) is 21.2 Å². The summed E-state index contributed by atoms with van der Waals surface area (Å²) in [6.45, 7) is 0.169. The lowest BCUT2D eigenvalue weighted by Crippen LogP contribution is -2.27. The van der Waals surface area contributed by atoms with E-state index in [2.05, 4.69) is 0 Å². The molecule has 0 aromatic heterocycles. The number of anilines is 1. The van der Waals surface area contributed by atoms with Crippen molar-refractivity contribution >= 4 is 57.9 Å². The Morgan fingerprint density at radius 1 is 1.00 bits per heavy atom. The Hall–Kier alpha value is -2.93. The van der Waals surface area contributed by atoms with Crippen LogP contribution in [0.3, 0.4) is 0 Å². The van der Waals surface area contributed by atoms with Gasteiger partial charge in [-0.05, 0) is 48.2 Å². The van der Waals surface area contributed by atoms with Gasteiger partial charge in [-0.25, -0.2) is 4.90 Å². The minimum Gasteiger partial charge on any atom is -0.493 e. The van der Waals surface area contributed by atoms with Crippen LogP contribution in [0, 0.1) is 0 Å². The number of carbonyl (C=O) groups is 2. The molecule has 5 nitrogen and oxygen atoms in total. The molecular formula is C24H17Cl2NO4S. The molecule has 1 aliphatic heterocycles. The monoisotopic (exact) mass is 485 g/mol. The molecule has 162 valence electrons. The van der Waals surface area contributed by atoms with E-state index in [1.54, 1.807) is 66.7 Å². The maximum atomic E-state index is 13.0. The van der Waals surface area contributed by atoms with Crippen LogP contribution in [0.2, 0.25) is 10.0 Å². The highest BCUT2D eigenvalue weighted by molar-refractivity contribution is 8.19. The summed E-state index contributed by atoms with van der Waals surface area (Å²) in [4.78, 5) is 26.9. The zero-order chi connectivity index (χ0) is 22.7. The van der Waals surface area contributed by atoms with Crippen LogP contribution in [0.1, 0.15) is 11.1 Å². The summed E-state index contributed by atoms with van der Waals surface area (Å²) in [5, 5.41) is 0.662. The lowest BCUT2D eigenvalue weighted by Gasteiger charge is -2.14. The molecule has 0 N–H and O–H groups in total. The number of para-hydroxylation sites is 2. The third kappa shape index (κ3) is 4.63. The Labute approximate surface area is 199 Å². The SMILES string of the molecule is COc1cccc(/C=C2\SC(=O)N(c3ccccc3)C2=O)c1OCc1ccc(Cl)cc1Cl. The molecule has 0 saturated carbocycles. The summed E-state index contributed by atoms with van der Waals surface area (Å²) in [6, 6.07) is 19.3. The number of halogens is 2. The number of thioether (sulfide) groups is 1. The average Bonchev–Trinajstić information content (AvgIpc) is 3.07. The van der Waals surface area contributed by atoms with E-state index in [0.717, 1.165) is 22.2 Å². The van der Waals surface area contributed by atoms with Gasteiger partial charge in [0.2, 0.25) is 0 Å². The molecule has 32 heavy (non-hydrogen) atoms. The smallest absolute Gasteiger partial charge is 0.298 e. The second kappa shape index (κ2) is 9.69. The van der Waals surface area contributed by atoms with Crippen LogP contribution >= 0.6 is 35.0 Å². The first-order chi connectivity index (χ1) is 15.5. The molecule has 0 spiro atoms. The van der Waals surface area contributed by atoms with Gasteiger partial charge in [-0.1, -0.05) is 59.6 Å². The highest BCUT2D eigenvalue weighted by Crippen LogP contribution is 2.39. The predicted molar refractivity (Wildman–Crippen MR) is 129 cm³/mol. The van der Waals surface area contributed by atoms with E-state index in [4.69, 9.17) is 32.7 Å². The van der Waals surface area contributed by atoms with E-state index in [1.165, 1.54) is 7.11 Å². The number of methoxy groups -OCH3 is 1. The first-order valence-electron chi connectivity index (χ1n) is 9.54. The van der Waals surface area contributed by atoms with Crippen molar-refractivity contribution in [1.82, 2.24) is 0 Å². The van der Waals surface area contributed by atoms with E-state index in [-0.39, 0.29) is 17.8 Å². The fourth-order valence-corrected chi connectivity index (χ4v) is 4.45. The minimum atomic E-state index is -0.388. The van der Waals surface area contributed by atoms with Crippen molar-refractivity contribution in [3.05, 3.63) is 92.8 Å². The standard InChI is InChI=1S/C24H17Cl2NO4S/c1-30-20-9-5-6-15(22(20)31-14-16-10-11-17(25)13-19(16)26)12-21-23(28)27(24(29)32-21)18-7-3-2-4-8-18/h2-13H,14H2,1H3/b21-12-. The number of ether oxygens (including phenoxy) is 2. The van der Waals surface area contributed by atoms with Crippen molar-refractivity contribution in [2.75, 3.05) is 12.0 Å². The van der Waals surface area contributed by atoms with Crippen LogP contribution < -0.4 is 14.4 Å². The minimum absolute atomic E-state index is 0.169. The Morgan fingerprint density at radius 2 is 1.78 bits per heavy atom. The maximum Gasteiger partial charge on any atom is 0.298 e. The van der Waals surface area contributed by atoms with Crippen molar-refractivity contribution in [2.24, 2.45) is 0 Å². The average molecular weight is 486 g/mol. The second-order valence-corrected chi connectivity index (χ2v) is 8.59. The molecule has 0 radical (unpaired) electrons. The molecule has 1 fully saturated rings. The van der Waals surface area contributed by atoms with Crippen LogP contribution in [0.4, 0.5) is 10.5 Å². The molecule has 0 aliphatic carbocycles. The first kappa shape index (κ1) is 22.3. The van der Waals surface area contributed by atoms with Crippen LogP contribution in [0.5, 0.6) is 11.5 Å². The number of benzene rings is 3. The Morgan fingerprint density at radius 3 is 2.50 bits per heavy atom. The fraction of sp³-hybridized carbons (Fsp3) is 0.0833. The maximum absolute atomic E-state index is 13.0. The van der Waals surface area contributed by atoms with E-state index in [0.29, 0.717) is 37.7 Å². The lowest BCUT2D eigenvalue weighted by molar-refractivity contribution is -0.113. The van der Waals surface area contributed by atoms with Crippen molar-refractivity contribution in [1.29, 1.82) is 0 Å². The molecule has 1 heterocycles. The van der Waals surface area contributed by atoms with Crippen LogP contribution in [0.15, 0.2) is 71.6 Å². The molecule has 0 atom stereocenters. The molecule has 0 bridgehead atoms. The van der Waals surface area contributed by atoms with Crippen molar-refractivity contribution in [3.8, 4) is 11.5 Å². The largest absolute Gasteiger partial charge is 0.493 e. The Balaban J connectivity index is 1.65. The summed E-state index contributed by atoms with van der Waals surface area (Å²) in [7, 11) is 1.53. The Kier molecular flexibility index (Phi) is 6.74. The normalized spacial score (nSPS) is 14.8. The van der Waals surface area contributed by atoms with Crippen LogP contribution in [0.25, 0.3) is 6.08 Å². The van der Waals surface area contributed by atoms with Crippen molar-refractivity contribution < 1.29 is 19.1 Å². The zero-order valence-electron chi connectivity index (χ0n) is 16.9. The van der Waals surface area contributed by atoms with Gasteiger partial charge in [-0.3, -0.25) is 9.59 Å². The zero-order valence-corrected chi connectivity index (χ0v) is 19.2. The van der Waals surface area contributed by atoms with Gasteiger partial charge in [0.1, 0.15) is 6.61 Å². The summed E-state index contributed by atoms with van der Waals surface area (Å²) in [6.07, 6.45) is 1.63. The van der Waals surface area contributed by atoms with E-state index in [1.807, 2.05) is 6.07 Å². The van der Waals surface area contributed by atoms with Crippen LogP contribution in [-0.4, -0.2) is 18.3 Å². The van der Waals surface area contributed by atoms with Crippen molar-refractivity contribution in [3.63, 3.8) is 0 Å². The lowest BCUT2D eigenvalue weighted by atomic mass is 10.1. The molecule has 2 amide bonds. The highest BCUT2D eigenvalue weighted by atomic mass is 35.5. The fourth-order valence-electron chi connectivity index (χ4n) is 3.16. The summed E-state index contributed by atoms with van der Waals surface area (Å²) >= 11 is 13.1. The topological polar surface area (TPSA) is 55.8 Å². The summed E-state index contributed by atoms with van der Waals surface area (Å²) in [5.74, 6) is 0.541. The molecular weight excluding hydrogens is 469 g/mol. The highest BCUT2D eigenvalue weighted by Gasteiger charge is 2.36. The van der Waals surface area contributed by atoms with Crippen molar-refractivity contribution in [2.45, 2.75) is 6.61 Å². The quantitative estimate of drug-likeness (QED) is 0.358. The molecule has 3 aromatic rings. The van der Waals surface area contributed by atoms with Gasteiger partial charge in [0.15, 0.2) is 11.5 Å². The third-order valence-electron chi connectivity index (χ3n) is 4.71. The number of amides is 2. The molecule has 1 aliphatic rings. The van der Waals surface area contributed by atoms with Crippen LogP contribution in [-0.2, 0) is 11.4 Å². The number of rotatable bonds is 6. The van der Waals surface area contributed by atoms with Gasteiger partial charge in [-0.15, -0.1) is 0 Å². The van der Waals surface area contributed by atoms with Gasteiger partial charge in [0.25, 0.3) is 11.1 Å². The third-order valence-corrected chi connectivity index (χ3v) is 6.17. The van der Waals surface area contributed by atoms with Gasteiger partial charge in [-0.2, -0.15) is 0 Å². The Bertz CT molecular complexity index is 1210. The number of hydrogen-bond donors (Lipinski definition) is 0. The van der Waals surface area contributed by atoms with E-state index < -0.39 is 0 Å². The predicted octanol–water partition coefficient (Wildman–Crippen LogP) is 6.82. The van der Waals surface area contributed by atoms with Gasteiger partial charge in [0.05, 0.1) is 17.7 Å². The first-order valence-corrected chi connectivity index (χ1v) is 11.1. The number of nitrogens with zero attached hydrogens (tertiary/aromatic N) is 1. The summed E-state index contributed by atoms with van der Waals surface area (Å²) in [5.41, 5.74) is 1.88. The van der Waals surface area contributed by atoms with E-state index >= 15 is 0 Å². The number of imide groups is 1. The van der Waals surface area contributed by atoms with Gasteiger partial charge >= 0.3 is 0 Å². The number of hydrogen-bond acceptors (Lipinski definition) is 5. The molecule has 4 rings (SSSR count). The van der Waals surface area contributed by atoms with Gasteiger partial charge < -0.3 is 9.47 Å². The summed E-state index contributed by atoms with van der Waals surface area (Å²) < 4.78 is 11.5. The second-order valence-electron chi connectivity index (χ2n) is 6.76.